The minimum atomic E-state index is -0.516. The van der Waals surface area contributed by atoms with Gasteiger partial charge in [-0.3, -0.25) is 14.9 Å². The number of ether oxygens (including phenoxy) is 2. The van der Waals surface area contributed by atoms with Crippen molar-refractivity contribution in [2.45, 2.75) is 26.4 Å². The van der Waals surface area contributed by atoms with E-state index in [-0.39, 0.29) is 18.2 Å². The number of nitrogens with zero attached hydrogens (tertiary/aromatic N) is 2. The highest BCUT2D eigenvalue weighted by Crippen LogP contribution is 2.30. The van der Waals surface area contributed by atoms with Crippen molar-refractivity contribution in [2.24, 2.45) is 5.10 Å². The van der Waals surface area contributed by atoms with Gasteiger partial charge in [0.2, 0.25) is 5.91 Å². The lowest BCUT2D eigenvalue weighted by molar-refractivity contribution is -0.385. The van der Waals surface area contributed by atoms with Crippen LogP contribution in [0.25, 0.3) is 0 Å². The molecule has 0 atom stereocenters. The summed E-state index contributed by atoms with van der Waals surface area (Å²) in [5.41, 5.74) is 3.23. The monoisotopic (exact) mass is 371 g/mol. The summed E-state index contributed by atoms with van der Waals surface area (Å²) < 4.78 is 11.0. The number of carbonyl (C=O) groups is 1. The largest absolute Gasteiger partial charge is 0.493 e. The van der Waals surface area contributed by atoms with Gasteiger partial charge in [0.05, 0.1) is 30.8 Å². The molecule has 1 N–H and O–H groups in total. The molecule has 2 rings (SSSR count). The van der Waals surface area contributed by atoms with E-state index in [1.54, 1.807) is 30.3 Å². The zero-order chi connectivity index (χ0) is 19.8. The Labute approximate surface area is 157 Å². The van der Waals surface area contributed by atoms with Crippen molar-refractivity contribution < 1.29 is 19.2 Å². The van der Waals surface area contributed by atoms with E-state index in [1.165, 1.54) is 25.5 Å². The smallest absolute Gasteiger partial charge is 0.273 e. The first-order chi connectivity index (χ1) is 12.9. The number of benzene rings is 2. The first-order valence-electron chi connectivity index (χ1n) is 8.30. The third-order valence-electron chi connectivity index (χ3n) is 3.52. The molecule has 0 fully saturated rings. The molecule has 0 radical (unpaired) electrons. The van der Waals surface area contributed by atoms with Crippen LogP contribution in [0.5, 0.6) is 11.5 Å². The van der Waals surface area contributed by atoms with Crippen LogP contribution >= 0.6 is 0 Å². The Morgan fingerprint density at radius 1 is 1.26 bits per heavy atom. The molecule has 0 saturated heterocycles. The zero-order valence-electron chi connectivity index (χ0n) is 15.3. The third-order valence-corrected chi connectivity index (χ3v) is 3.52. The molecule has 0 spiro atoms. The van der Waals surface area contributed by atoms with Gasteiger partial charge in [-0.05, 0) is 26.0 Å². The number of carbonyl (C=O) groups excluding carboxylic acids is 1. The fourth-order valence-corrected chi connectivity index (χ4v) is 2.38. The lowest BCUT2D eigenvalue weighted by Crippen LogP contribution is -2.20. The van der Waals surface area contributed by atoms with Crippen molar-refractivity contribution in [1.29, 1.82) is 0 Å². The van der Waals surface area contributed by atoms with Crippen LogP contribution < -0.4 is 14.9 Å². The number of nitro benzene ring substituents is 1. The van der Waals surface area contributed by atoms with Crippen molar-refractivity contribution in [3.63, 3.8) is 0 Å². The molecule has 0 bridgehead atoms. The SMILES string of the molecule is COc1cccc(/C=N/NC(=O)Cc2ccccc2[N+](=O)[O-])c1OC(C)C. The summed E-state index contributed by atoms with van der Waals surface area (Å²) in [6, 6.07) is 11.4. The Bertz CT molecular complexity index is 849. The van der Waals surface area contributed by atoms with Crippen molar-refractivity contribution in [3.8, 4) is 11.5 Å². The van der Waals surface area contributed by atoms with E-state index in [9.17, 15) is 14.9 Å². The minimum absolute atomic E-state index is 0.0679. The number of para-hydroxylation sites is 2. The molecule has 0 heterocycles. The summed E-state index contributed by atoms with van der Waals surface area (Å²) in [5, 5.41) is 14.9. The number of methoxy groups -OCH3 is 1. The zero-order valence-corrected chi connectivity index (χ0v) is 15.3. The van der Waals surface area contributed by atoms with Crippen molar-refractivity contribution in [3.05, 3.63) is 63.7 Å². The molecule has 0 aliphatic rings. The molecule has 0 unspecified atom stereocenters. The van der Waals surface area contributed by atoms with Crippen LogP contribution in [-0.2, 0) is 11.2 Å². The van der Waals surface area contributed by atoms with Gasteiger partial charge in [0.15, 0.2) is 11.5 Å². The van der Waals surface area contributed by atoms with Crippen LogP contribution in [0.4, 0.5) is 5.69 Å². The summed E-state index contributed by atoms with van der Waals surface area (Å²) in [5.74, 6) is 0.611. The van der Waals surface area contributed by atoms with E-state index in [0.29, 0.717) is 22.6 Å². The van der Waals surface area contributed by atoms with Crippen LogP contribution in [0, 0.1) is 10.1 Å². The van der Waals surface area contributed by atoms with Crippen molar-refractivity contribution >= 4 is 17.8 Å². The quantitative estimate of drug-likeness (QED) is 0.436. The second kappa shape index (κ2) is 9.33. The molecule has 8 heteroatoms. The molecule has 2 aromatic carbocycles. The predicted octanol–water partition coefficient (Wildman–Crippen LogP) is 3.08. The Hall–Kier alpha value is -3.42. The molecular weight excluding hydrogens is 350 g/mol. The number of amides is 1. The Morgan fingerprint density at radius 3 is 2.67 bits per heavy atom. The molecule has 1 amide bonds. The molecule has 0 saturated carbocycles. The molecule has 0 aliphatic heterocycles. The second-order valence-electron chi connectivity index (χ2n) is 5.90. The number of nitrogens with one attached hydrogen (secondary N) is 1. The first-order valence-corrected chi connectivity index (χ1v) is 8.30. The summed E-state index contributed by atoms with van der Waals surface area (Å²) in [6.45, 7) is 3.78. The number of nitro groups is 1. The van der Waals surface area contributed by atoms with Gasteiger partial charge < -0.3 is 9.47 Å². The molecule has 8 nitrogen and oxygen atoms in total. The fraction of sp³-hybridized carbons (Fsp3) is 0.263. The summed E-state index contributed by atoms with van der Waals surface area (Å²) in [6.07, 6.45) is 1.22. The Balaban J connectivity index is 2.10. The number of hydrazone groups is 1. The highest BCUT2D eigenvalue weighted by Gasteiger charge is 2.15. The molecular formula is C19H21N3O5. The summed E-state index contributed by atoms with van der Waals surface area (Å²) >= 11 is 0. The second-order valence-corrected chi connectivity index (χ2v) is 5.90. The maximum Gasteiger partial charge on any atom is 0.273 e. The van der Waals surface area contributed by atoms with Gasteiger partial charge >= 0.3 is 0 Å². The fourth-order valence-electron chi connectivity index (χ4n) is 2.38. The highest BCUT2D eigenvalue weighted by atomic mass is 16.6. The van der Waals surface area contributed by atoms with Gasteiger partial charge in [-0.2, -0.15) is 5.10 Å². The predicted molar refractivity (Wildman–Crippen MR) is 101 cm³/mol. The molecule has 142 valence electrons. The van der Waals surface area contributed by atoms with Crippen LogP contribution in [-0.4, -0.2) is 30.3 Å². The molecule has 27 heavy (non-hydrogen) atoms. The van der Waals surface area contributed by atoms with Gasteiger partial charge in [-0.25, -0.2) is 5.43 Å². The normalized spacial score (nSPS) is 10.8. The van der Waals surface area contributed by atoms with E-state index >= 15 is 0 Å². The van der Waals surface area contributed by atoms with E-state index in [2.05, 4.69) is 10.5 Å². The van der Waals surface area contributed by atoms with E-state index < -0.39 is 10.8 Å². The standard InChI is InChI=1S/C19H21N3O5/c1-13(2)27-19-15(8-6-10-17(19)26-3)12-20-21-18(23)11-14-7-4-5-9-16(14)22(24)25/h4-10,12-13H,11H2,1-3H3,(H,21,23)/b20-12+. The highest BCUT2D eigenvalue weighted by molar-refractivity contribution is 5.87. The van der Waals surface area contributed by atoms with Crippen LogP contribution in [0.3, 0.4) is 0 Å². The van der Waals surface area contributed by atoms with Crippen molar-refractivity contribution in [1.82, 2.24) is 5.43 Å². The molecule has 0 aliphatic carbocycles. The van der Waals surface area contributed by atoms with Crippen molar-refractivity contribution in [2.75, 3.05) is 7.11 Å². The van der Waals surface area contributed by atoms with Gasteiger partial charge in [-0.15, -0.1) is 0 Å². The third kappa shape index (κ3) is 5.53. The maximum absolute atomic E-state index is 12.1. The van der Waals surface area contributed by atoms with E-state index in [4.69, 9.17) is 9.47 Å². The summed E-state index contributed by atoms with van der Waals surface area (Å²) in [4.78, 5) is 22.6. The Morgan fingerprint density at radius 2 is 2.00 bits per heavy atom. The molecule has 2 aromatic rings. The minimum Gasteiger partial charge on any atom is -0.493 e. The van der Waals surface area contributed by atoms with Gasteiger partial charge in [0, 0.05) is 17.2 Å². The summed E-state index contributed by atoms with van der Waals surface area (Å²) in [7, 11) is 1.54. The van der Waals surface area contributed by atoms with Crippen LogP contribution in [0.2, 0.25) is 0 Å². The van der Waals surface area contributed by atoms with E-state index in [0.717, 1.165) is 0 Å². The first kappa shape index (κ1) is 19.9. The average molecular weight is 371 g/mol. The van der Waals surface area contributed by atoms with Crippen LogP contribution in [0.1, 0.15) is 25.0 Å². The number of rotatable bonds is 8. The van der Waals surface area contributed by atoms with Gasteiger partial charge in [-0.1, -0.05) is 24.3 Å². The lowest BCUT2D eigenvalue weighted by Gasteiger charge is -2.15. The average Bonchev–Trinajstić information content (AvgIpc) is 2.62. The Kier molecular flexibility index (Phi) is 6.87. The number of hydrogen-bond acceptors (Lipinski definition) is 6. The van der Waals surface area contributed by atoms with Crippen LogP contribution in [0.15, 0.2) is 47.6 Å². The van der Waals surface area contributed by atoms with E-state index in [1.807, 2.05) is 13.8 Å². The van der Waals surface area contributed by atoms with Gasteiger partial charge in [0.1, 0.15) is 0 Å². The lowest BCUT2D eigenvalue weighted by atomic mass is 10.1. The van der Waals surface area contributed by atoms with Gasteiger partial charge in [0.25, 0.3) is 5.69 Å². The topological polar surface area (TPSA) is 103 Å². The molecule has 0 aromatic heterocycles. The maximum atomic E-state index is 12.1. The number of hydrogen-bond donors (Lipinski definition) is 1.